The molecule has 0 atom stereocenters. The van der Waals surface area contributed by atoms with Crippen molar-refractivity contribution >= 4 is 46.9 Å². The zero-order valence-corrected chi connectivity index (χ0v) is 13.0. The van der Waals surface area contributed by atoms with Gasteiger partial charge in [0.05, 0.1) is 21.9 Å². The van der Waals surface area contributed by atoms with Crippen molar-refractivity contribution in [2.45, 2.75) is 0 Å². The number of rotatable bonds is 3. The summed E-state index contributed by atoms with van der Waals surface area (Å²) >= 11 is 11.7. The number of benzene rings is 2. The quantitative estimate of drug-likeness (QED) is 0.505. The SMILES string of the molecule is O=C(NN=Cc1ccc(F)cc1)C(=O)Nc1cccc(Cl)c1Cl. The number of carbonyl (C=O) groups is 2. The molecule has 0 saturated carbocycles. The molecule has 2 aromatic carbocycles. The molecular formula is C15H10Cl2FN3O2. The van der Waals surface area contributed by atoms with Crippen molar-refractivity contribution in [3.8, 4) is 0 Å². The first-order valence-corrected chi connectivity index (χ1v) is 7.07. The van der Waals surface area contributed by atoms with Gasteiger partial charge >= 0.3 is 11.8 Å². The van der Waals surface area contributed by atoms with Gasteiger partial charge in [-0.25, -0.2) is 9.82 Å². The van der Waals surface area contributed by atoms with Crippen LogP contribution in [-0.4, -0.2) is 18.0 Å². The number of carbonyl (C=O) groups excluding carboxylic acids is 2. The van der Waals surface area contributed by atoms with Crippen LogP contribution >= 0.6 is 23.2 Å². The number of amides is 2. The van der Waals surface area contributed by atoms with Crippen molar-refractivity contribution in [2.75, 3.05) is 5.32 Å². The fourth-order valence-electron chi connectivity index (χ4n) is 1.54. The van der Waals surface area contributed by atoms with Gasteiger partial charge in [0, 0.05) is 0 Å². The zero-order valence-electron chi connectivity index (χ0n) is 11.5. The number of hydrogen-bond acceptors (Lipinski definition) is 3. The Labute approximate surface area is 141 Å². The highest BCUT2D eigenvalue weighted by molar-refractivity contribution is 6.45. The number of halogens is 3. The summed E-state index contributed by atoms with van der Waals surface area (Å²) in [5, 5.41) is 6.30. The third-order valence-electron chi connectivity index (χ3n) is 2.66. The molecule has 0 aromatic heterocycles. The van der Waals surface area contributed by atoms with E-state index in [-0.39, 0.29) is 21.5 Å². The van der Waals surface area contributed by atoms with Gasteiger partial charge in [-0.3, -0.25) is 9.59 Å². The molecule has 0 saturated heterocycles. The van der Waals surface area contributed by atoms with Crippen molar-refractivity contribution in [3.63, 3.8) is 0 Å². The van der Waals surface area contributed by atoms with Gasteiger partial charge < -0.3 is 5.32 Å². The summed E-state index contributed by atoms with van der Waals surface area (Å²) in [5.74, 6) is -2.33. The minimum Gasteiger partial charge on any atom is -0.316 e. The van der Waals surface area contributed by atoms with E-state index >= 15 is 0 Å². The van der Waals surface area contributed by atoms with Crippen LogP contribution in [0, 0.1) is 5.82 Å². The normalized spacial score (nSPS) is 10.6. The largest absolute Gasteiger partial charge is 0.329 e. The van der Waals surface area contributed by atoms with Gasteiger partial charge in [-0.2, -0.15) is 5.10 Å². The van der Waals surface area contributed by atoms with Crippen molar-refractivity contribution < 1.29 is 14.0 Å². The van der Waals surface area contributed by atoms with Crippen molar-refractivity contribution in [1.29, 1.82) is 0 Å². The molecule has 0 aliphatic carbocycles. The molecule has 0 heterocycles. The summed E-state index contributed by atoms with van der Waals surface area (Å²) in [4.78, 5) is 23.3. The molecule has 2 rings (SSSR count). The molecule has 0 bridgehead atoms. The van der Waals surface area contributed by atoms with E-state index in [4.69, 9.17) is 23.2 Å². The molecule has 0 fully saturated rings. The van der Waals surface area contributed by atoms with Gasteiger partial charge in [0.25, 0.3) is 0 Å². The lowest BCUT2D eigenvalue weighted by Crippen LogP contribution is -2.32. The lowest BCUT2D eigenvalue weighted by molar-refractivity contribution is -0.136. The third-order valence-corrected chi connectivity index (χ3v) is 3.47. The Hall–Kier alpha value is -2.44. The van der Waals surface area contributed by atoms with Crippen LogP contribution in [-0.2, 0) is 9.59 Å². The van der Waals surface area contributed by atoms with Gasteiger partial charge in [0.2, 0.25) is 0 Å². The monoisotopic (exact) mass is 353 g/mol. The molecule has 118 valence electrons. The van der Waals surface area contributed by atoms with E-state index in [1.165, 1.54) is 36.5 Å². The van der Waals surface area contributed by atoms with Gasteiger partial charge in [0.15, 0.2) is 0 Å². The van der Waals surface area contributed by atoms with Crippen molar-refractivity contribution in [3.05, 3.63) is 63.9 Å². The second-order valence-corrected chi connectivity index (χ2v) is 5.09. The van der Waals surface area contributed by atoms with Gasteiger partial charge in [-0.15, -0.1) is 0 Å². The maximum atomic E-state index is 12.7. The molecule has 0 unspecified atom stereocenters. The Balaban J connectivity index is 1.94. The molecule has 0 aliphatic rings. The molecular weight excluding hydrogens is 344 g/mol. The summed E-state index contributed by atoms with van der Waals surface area (Å²) in [5.41, 5.74) is 2.82. The Bertz CT molecular complexity index is 764. The van der Waals surface area contributed by atoms with Crippen LogP contribution in [0.15, 0.2) is 47.6 Å². The second kappa shape index (κ2) is 7.71. The number of anilines is 1. The van der Waals surface area contributed by atoms with Crippen molar-refractivity contribution in [1.82, 2.24) is 5.43 Å². The van der Waals surface area contributed by atoms with Crippen LogP contribution in [0.5, 0.6) is 0 Å². The van der Waals surface area contributed by atoms with Gasteiger partial charge in [-0.05, 0) is 29.8 Å². The molecule has 2 aromatic rings. The molecule has 8 heteroatoms. The van der Waals surface area contributed by atoms with Crippen molar-refractivity contribution in [2.24, 2.45) is 5.10 Å². The lowest BCUT2D eigenvalue weighted by Gasteiger charge is -2.06. The van der Waals surface area contributed by atoms with Crippen LogP contribution in [0.3, 0.4) is 0 Å². The Morgan fingerprint density at radius 3 is 2.43 bits per heavy atom. The average Bonchev–Trinajstić information content (AvgIpc) is 2.53. The van der Waals surface area contributed by atoms with Crippen LogP contribution in [0.2, 0.25) is 10.0 Å². The fourth-order valence-corrected chi connectivity index (χ4v) is 1.89. The standard InChI is InChI=1S/C15H10Cl2FN3O2/c16-11-2-1-3-12(13(11)17)20-14(22)15(23)21-19-8-9-4-6-10(18)7-5-9/h1-8H,(H,20,22)(H,21,23). The van der Waals surface area contributed by atoms with E-state index in [0.29, 0.717) is 5.56 Å². The highest BCUT2D eigenvalue weighted by atomic mass is 35.5. The molecule has 23 heavy (non-hydrogen) atoms. The first-order valence-electron chi connectivity index (χ1n) is 6.31. The van der Waals surface area contributed by atoms with E-state index < -0.39 is 11.8 Å². The molecule has 0 spiro atoms. The minimum absolute atomic E-state index is 0.130. The summed E-state index contributed by atoms with van der Waals surface area (Å²) in [7, 11) is 0. The highest BCUT2D eigenvalue weighted by Gasteiger charge is 2.15. The van der Waals surface area contributed by atoms with E-state index in [0.717, 1.165) is 0 Å². The topological polar surface area (TPSA) is 70.6 Å². The molecule has 2 N–H and O–H groups in total. The molecule has 0 aliphatic heterocycles. The molecule has 0 radical (unpaired) electrons. The summed E-state index contributed by atoms with van der Waals surface area (Å²) < 4.78 is 12.7. The lowest BCUT2D eigenvalue weighted by atomic mass is 10.2. The average molecular weight is 354 g/mol. The minimum atomic E-state index is -0.987. The zero-order chi connectivity index (χ0) is 16.8. The maximum absolute atomic E-state index is 12.7. The van der Waals surface area contributed by atoms with E-state index in [1.54, 1.807) is 12.1 Å². The molecule has 2 amide bonds. The number of hydrazone groups is 1. The van der Waals surface area contributed by atoms with E-state index in [1.807, 2.05) is 5.43 Å². The smallest absolute Gasteiger partial charge is 0.316 e. The summed E-state index contributed by atoms with van der Waals surface area (Å²) in [6.45, 7) is 0. The molecule has 5 nitrogen and oxygen atoms in total. The Morgan fingerprint density at radius 1 is 1.04 bits per heavy atom. The highest BCUT2D eigenvalue weighted by Crippen LogP contribution is 2.29. The fraction of sp³-hybridized carbons (Fsp3) is 0. The number of nitrogens with zero attached hydrogens (tertiary/aromatic N) is 1. The van der Waals surface area contributed by atoms with E-state index in [2.05, 4.69) is 10.4 Å². The van der Waals surface area contributed by atoms with Crippen LogP contribution in [0.25, 0.3) is 0 Å². The predicted molar refractivity (Wildman–Crippen MR) is 87.2 cm³/mol. The van der Waals surface area contributed by atoms with E-state index in [9.17, 15) is 14.0 Å². The Morgan fingerprint density at radius 2 is 1.74 bits per heavy atom. The maximum Gasteiger partial charge on any atom is 0.329 e. The first-order chi connectivity index (χ1) is 11.0. The van der Waals surface area contributed by atoms with Gasteiger partial charge in [-0.1, -0.05) is 41.4 Å². The van der Waals surface area contributed by atoms with Crippen LogP contribution in [0.1, 0.15) is 5.56 Å². The third kappa shape index (κ3) is 4.77. The number of nitrogens with one attached hydrogen (secondary N) is 2. The Kier molecular flexibility index (Phi) is 5.67. The van der Waals surface area contributed by atoms with Crippen LogP contribution in [0.4, 0.5) is 10.1 Å². The first kappa shape index (κ1) is 16.9. The summed E-state index contributed by atoms with van der Waals surface area (Å²) in [6, 6.07) is 10.1. The number of hydrogen-bond donors (Lipinski definition) is 2. The predicted octanol–water partition coefficient (Wildman–Crippen LogP) is 3.22. The summed E-state index contributed by atoms with van der Waals surface area (Å²) in [6.07, 6.45) is 1.27. The van der Waals surface area contributed by atoms with Gasteiger partial charge in [0.1, 0.15) is 5.82 Å². The van der Waals surface area contributed by atoms with Crippen LogP contribution < -0.4 is 10.7 Å². The second-order valence-electron chi connectivity index (χ2n) is 4.31.